The van der Waals surface area contributed by atoms with Gasteiger partial charge in [-0.05, 0) is 18.1 Å². The summed E-state index contributed by atoms with van der Waals surface area (Å²) in [7, 11) is 1.36. The first-order chi connectivity index (χ1) is 8.10. The summed E-state index contributed by atoms with van der Waals surface area (Å²) in [6, 6.07) is 1.32. The largest absolute Gasteiger partial charge is 0.507 e. The predicted octanol–water partition coefficient (Wildman–Crippen LogP) is 0.903. The molecule has 2 rings (SSSR count). The van der Waals surface area contributed by atoms with Gasteiger partial charge in [-0.2, -0.15) is 0 Å². The first-order valence-corrected chi connectivity index (χ1v) is 5.35. The fraction of sp³-hybridized carbons (Fsp3) is 0.417. The fourth-order valence-corrected chi connectivity index (χ4v) is 2.18. The van der Waals surface area contributed by atoms with Crippen LogP contribution in [-0.4, -0.2) is 28.2 Å². The van der Waals surface area contributed by atoms with E-state index < -0.39 is 12.7 Å². The summed E-state index contributed by atoms with van der Waals surface area (Å²) in [5.74, 6) is -0.153. The molecule has 1 aromatic carbocycles. The number of carbonyl (C=O) groups excluding carboxylic acids is 1. The highest BCUT2D eigenvalue weighted by Gasteiger charge is 2.30. The lowest BCUT2D eigenvalue weighted by Crippen LogP contribution is -2.17. The van der Waals surface area contributed by atoms with Crippen molar-refractivity contribution in [2.24, 2.45) is 0 Å². The van der Waals surface area contributed by atoms with Crippen LogP contribution in [0.1, 0.15) is 40.4 Å². The average molecular weight is 238 g/mol. The summed E-state index contributed by atoms with van der Waals surface area (Å²) < 4.78 is 5.08. The summed E-state index contributed by atoms with van der Waals surface area (Å²) in [5.41, 5.74) is 0.814. The highest BCUT2D eigenvalue weighted by atomic mass is 16.5. The Morgan fingerprint density at radius 1 is 1.53 bits per heavy atom. The lowest BCUT2D eigenvalue weighted by atomic mass is 9.86. The minimum Gasteiger partial charge on any atom is -0.507 e. The van der Waals surface area contributed by atoms with Crippen molar-refractivity contribution >= 4 is 5.78 Å². The van der Waals surface area contributed by atoms with E-state index in [2.05, 4.69) is 0 Å². The van der Waals surface area contributed by atoms with Gasteiger partial charge in [-0.3, -0.25) is 4.79 Å². The molecule has 0 fully saturated rings. The van der Waals surface area contributed by atoms with Crippen LogP contribution < -0.4 is 4.74 Å². The zero-order valence-electron chi connectivity index (χ0n) is 9.43. The fourth-order valence-electron chi connectivity index (χ4n) is 2.18. The monoisotopic (exact) mass is 238 g/mol. The first kappa shape index (κ1) is 11.9. The number of ketones is 1. The van der Waals surface area contributed by atoms with Crippen LogP contribution in [0.3, 0.4) is 0 Å². The van der Waals surface area contributed by atoms with Crippen molar-refractivity contribution in [3.8, 4) is 11.5 Å². The molecule has 1 atom stereocenters. The van der Waals surface area contributed by atoms with E-state index >= 15 is 0 Å². The van der Waals surface area contributed by atoms with Gasteiger partial charge >= 0.3 is 0 Å². The molecule has 1 aliphatic rings. The topological polar surface area (TPSA) is 87.0 Å². The molecule has 0 unspecified atom stereocenters. The normalized spacial score (nSPS) is 19.0. The molecule has 0 radical (unpaired) electrons. The second-order valence-electron chi connectivity index (χ2n) is 4.01. The third-order valence-corrected chi connectivity index (χ3v) is 3.04. The van der Waals surface area contributed by atoms with Crippen molar-refractivity contribution in [3.05, 3.63) is 22.8 Å². The number of hydrogen-bond donors (Lipinski definition) is 3. The molecule has 0 aliphatic heterocycles. The van der Waals surface area contributed by atoms with Gasteiger partial charge in [0.25, 0.3) is 0 Å². The molecule has 1 aliphatic carbocycles. The molecule has 5 heteroatoms. The summed E-state index contributed by atoms with van der Waals surface area (Å²) >= 11 is 0. The Labute approximate surface area is 98.3 Å². The van der Waals surface area contributed by atoms with Crippen LogP contribution >= 0.6 is 0 Å². The zero-order valence-corrected chi connectivity index (χ0v) is 9.43. The van der Waals surface area contributed by atoms with Crippen LogP contribution in [-0.2, 0) is 6.61 Å². The summed E-state index contributed by atoms with van der Waals surface area (Å²) in [6.45, 7) is -0.425. The van der Waals surface area contributed by atoms with Crippen LogP contribution in [0.2, 0.25) is 0 Å². The second kappa shape index (κ2) is 4.35. The number of ether oxygens (including phenoxy) is 1. The molecular weight excluding hydrogens is 224 g/mol. The highest BCUT2D eigenvalue weighted by Crippen LogP contribution is 2.41. The standard InChI is InChI=1S/C12H14O5/c1-17-12-7(5-13)10(16)4-6-8(14)2-3-9(15)11(6)12/h4,8,13-14,16H,2-3,5H2,1H3/t8-/m1/s1. The Morgan fingerprint density at radius 2 is 2.24 bits per heavy atom. The number of carbonyl (C=O) groups is 1. The molecule has 0 heterocycles. The summed E-state index contributed by atoms with van der Waals surface area (Å²) in [4.78, 5) is 11.8. The van der Waals surface area contributed by atoms with E-state index in [-0.39, 0.29) is 34.8 Å². The van der Waals surface area contributed by atoms with Crippen LogP contribution in [0, 0.1) is 0 Å². The SMILES string of the molecule is COc1c(CO)c(O)cc2c1C(=O)CC[C@H]2O. The minimum absolute atomic E-state index is 0.142. The Balaban J connectivity index is 2.73. The molecule has 5 nitrogen and oxygen atoms in total. The lowest BCUT2D eigenvalue weighted by molar-refractivity contribution is 0.0891. The van der Waals surface area contributed by atoms with Crippen LogP contribution in [0.4, 0.5) is 0 Å². The van der Waals surface area contributed by atoms with Crippen molar-refractivity contribution in [1.82, 2.24) is 0 Å². The van der Waals surface area contributed by atoms with E-state index in [1.54, 1.807) is 0 Å². The number of aliphatic hydroxyl groups excluding tert-OH is 2. The van der Waals surface area contributed by atoms with E-state index in [9.17, 15) is 20.1 Å². The van der Waals surface area contributed by atoms with Crippen molar-refractivity contribution in [1.29, 1.82) is 0 Å². The first-order valence-electron chi connectivity index (χ1n) is 5.35. The van der Waals surface area contributed by atoms with Gasteiger partial charge in [0.15, 0.2) is 5.78 Å². The van der Waals surface area contributed by atoms with E-state index in [1.165, 1.54) is 13.2 Å². The number of fused-ring (bicyclic) bond motifs is 1. The van der Waals surface area contributed by atoms with E-state index in [0.717, 1.165) is 0 Å². The number of benzene rings is 1. The second-order valence-corrected chi connectivity index (χ2v) is 4.01. The number of methoxy groups -OCH3 is 1. The van der Waals surface area contributed by atoms with Crippen molar-refractivity contribution in [2.45, 2.75) is 25.6 Å². The van der Waals surface area contributed by atoms with Gasteiger partial charge in [-0.1, -0.05) is 0 Å². The molecule has 92 valence electrons. The third kappa shape index (κ3) is 1.77. The molecule has 0 spiro atoms. The Bertz CT molecular complexity index is 466. The van der Waals surface area contributed by atoms with Gasteiger partial charge in [-0.15, -0.1) is 0 Å². The van der Waals surface area contributed by atoms with Gasteiger partial charge in [0, 0.05) is 6.42 Å². The maximum Gasteiger partial charge on any atom is 0.167 e. The quantitative estimate of drug-likeness (QED) is 0.712. The summed E-state index contributed by atoms with van der Waals surface area (Å²) in [5, 5.41) is 28.7. The van der Waals surface area contributed by atoms with Gasteiger partial charge in [0.1, 0.15) is 11.5 Å². The number of aromatic hydroxyl groups is 1. The highest BCUT2D eigenvalue weighted by molar-refractivity contribution is 6.02. The van der Waals surface area contributed by atoms with Gasteiger partial charge in [0.05, 0.1) is 30.9 Å². The molecule has 0 bridgehead atoms. The van der Waals surface area contributed by atoms with E-state index in [1.807, 2.05) is 0 Å². The van der Waals surface area contributed by atoms with Crippen molar-refractivity contribution < 1.29 is 24.9 Å². The third-order valence-electron chi connectivity index (χ3n) is 3.04. The Kier molecular flexibility index (Phi) is 3.04. The average Bonchev–Trinajstić information content (AvgIpc) is 2.32. The maximum atomic E-state index is 11.8. The molecule has 0 aromatic heterocycles. The number of phenols is 1. The lowest BCUT2D eigenvalue weighted by Gasteiger charge is -2.24. The molecule has 3 N–H and O–H groups in total. The molecular formula is C12H14O5. The minimum atomic E-state index is -0.782. The summed E-state index contributed by atoms with van der Waals surface area (Å²) in [6.07, 6.45) is -0.206. The smallest absolute Gasteiger partial charge is 0.167 e. The van der Waals surface area contributed by atoms with E-state index in [0.29, 0.717) is 12.0 Å². The van der Waals surface area contributed by atoms with Gasteiger partial charge < -0.3 is 20.1 Å². The van der Waals surface area contributed by atoms with Gasteiger partial charge in [-0.25, -0.2) is 0 Å². The van der Waals surface area contributed by atoms with Crippen LogP contribution in [0.25, 0.3) is 0 Å². The molecule has 17 heavy (non-hydrogen) atoms. The zero-order chi connectivity index (χ0) is 12.6. The number of Topliss-reactive ketones (excluding diaryl/α,β-unsaturated/α-hetero) is 1. The van der Waals surface area contributed by atoms with Crippen LogP contribution in [0.15, 0.2) is 6.07 Å². The molecule has 0 saturated heterocycles. The maximum absolute atomic E-state index is 11.8. The van der Waals surface area contributed by atoms with E-state index in [4.69, 9.17) is 4.74 Å². The predicted molar refractivity (Wildman–Crippen MR) is 59.1 cm³/mol. The molecule has 0 saturated carbocycles. The Morgan fingerprint density at radius 3 is 2.82 bits per heavy atom. The molecule has 0 amide bonds. The number of aliphatic hydroxyl groups is 2. The van der Waals surface area contributed by atoms with Gasteiger partial charge in [0.2, 0.25) is 0 Å². The number of rotatable bonds is 2. The number of hydrogen-bond acceptors (Lipinski definition) is 5. The van der Waals surface area contributed by atoms with Crippen LogP contribution in [0.5, 0.6) is 11.5 Å². The van der Waals surface area contributed by atoms with Crippen molar-refractivity contribution in [2.75, 3.05) is 7.11 Å². The molecule has 1 aromatic rings. The van der Waals surface area contributed by atoms with Crippen molar-refractivity contribution in [3.63, 3.8) is 0 Å². The Hall–Kier alpha value is -1.59.